The molecule has 1 aliphatic heterocycles. The van der Waals surface area contributed by atoms with Crippen molar-refractivity contribution in [1.29, 1.82) is 0 Å². The van der Waals surface area contributed by atoms with Crippen LogP contribution in [0.25, 0.3) is 0 Å². The van der Waals surface area contributed by atoms with Gasteiger partial charge in [-0.05, 0) is 44.5 Å². The van der Waals surface area contributed by atoms with Gasteiger partial charge in [0, 0.05) is 18.7 Å². The van der Waals surface area contributed by atoms with E-state index in [2.05, 4.69) is 5.32 Å². The Balaban J connectivity index is 1.72. The van der Waals surface area contributed by atoms with Gasteiger partial charge in [0.25, 0.3) is 0 Å². The number of rotatable bonds is 5. The van der Waals surface area contributed by atoms with E-state index in [1.54, 1.807) is 4.90 Å². The van der Waals surface area contributed by atoms with Gasteiger partial charge in [0.1, 0.15) is 5.75 Å². The minimum atomic E-state index is -0.380. The van der Waals surface area contributed by atoms with Crippen LogP contribution in [-0.4, -0.2) is 24.5 Å². The molecule has 2 amide bonds. The van der Waals surface area contributed by atoms with E-state index in [0.717, 1.165) is 11.3 Å². The van der Waals surface area contributed by atoms with Gasteiger partial charge in [-0.25, -0.2) is 0 Å². The maximum Gasteiger partial charge on any atom is 0.229 e. The molecule has 1 unspecified atom stereocenters. The Labute approximate surface area is 154 Å². The zero-order valence-electron chi connectivity index (χ0n) is 15.4. The summed E-state index contributed by atoms with van der Waals surface area (Å²) in [5, 5.41) is 2.92. The number of para-hydroxylation sites is 3. The summed E-state index contributed by atoms with van der Waals surface area (Å²) in [6, 6.07) is 15.1. The van der Waals surface area contributed by atoms with Crippen molar-refractivity contribution >= 4 is 23.2 Å². The van der Waals surface area contributed by atoms with Crippen LogP contribution in [0.2, 0.25) is 0 Å². The maximum absolute atomic E-state index is 12.7. The average Bonchev–Trinajstić information content (AvgIpc) is 2.98. The minimum absolute atomic E-state index is 0.0117. The van der Waals surface area contributed by atoms with Gasteiger partial charge in [0.15, 0.2) is 0 Å². The van der Waals surface area contributed by atoms with E-state index >= 15 is 0 Å². The predicted molar refractivity (Wildman–Crippen MR) is 102 cm³/mol. The van der Waals surface area contributed by atoms with Crippen LogP contribution in [0.4, 0.5) is 11.4 Å². The van der Waals surface area contributed by atoms with Crippen molar-refractivity contribution in [2.75, 3.05) is 16.8 Å². The van der Waals surface area contributed by atoms with E-state index in [4.69, 9.17) is 4.74 Å². The number of ether oxygens (including phenoxy) is 1. The number of benzene rings is 2. The minimum Gasteiger partial charge on any atom is -0.489 e. The van der Waals surface area contributed by atoms with Gasteiger partial charge in [-0.1, -0.05) is 30.3 Å². The molecule has 5 heteroatoms. The highest BCUT2D eigenvalue weighted by atomic mass is 16.5. The van der Waals surface area contributed by atoms with Crippen LogP contribution >= 0.6 is 0 Å². The molecule has 0 radical (unpaired) electrons. The monoisotopic (exact) mass is 352 g/mol. The molecular formula is C21H24N2O3. The Kier molecular flexibility index (Phi) is 5.26. The number of carbonyl (C=O) groups excluding carboxylic acids is 2. The molecule has 1 N–H and O–H groups in total. The number of anilines is 2. The Morgan fingerprint density at radius 3 is 2.58 bits per heavy atom. The molecule has 1 fully saturated rings. The molecule has 0 saturated carbocycles. The quantitative estimate of drug-likeness (QED) is 0.891. The van der Waals surface area contributed by atoms with Crippen molar-refractivity contribution in [3.8, 4) is 5.75 Å². The molecular weight excluding hydrogens is 328 g/mol. The van der Waals surface area contributed by atoms with Crippen LogP contribution in [0.15, 0.2) is 48.5 Å². The second-order valence-electron chi connectivity index (χ2n) is 6.84. The molecule has 0 aliphatic carbocycles. The zero-order valence-corrected chi connectivity index (χ0v) is 15.4. The molecule has 1 saturated heterocycles. The second kappa shape index (κ2) is 7.60. The Morgan fingerprint density at radius 1 is 1.15 bits per heavy atom. The molecule has 3 rings (SSSR count). The molecule has 0 aromatic heterocycles. The van der Waals surface area contributed by atoms with Gasteiger partial charge in [-0.15, -0.1) is 0 Å². The molecule has 1 heterocycles. The van der Waals surface area contributed by atoms with Crippen molar-refractivity contribution < 1.29 is 14.3 Å². The van der Waals surface area contributed by atoms with E-state index in [9.17, 15) is 9.59 Å². The SMILES string of the molecule is Cc1ccccc1N1CC(C(=O)Nc2ccccc2OC(C)C)CC1=O. The number of hydrogen-bond donors (Lipinski definition) is 1. The first-order valence-corrected chi connectivity index (χ1v) is 8.88. The van der Waals surface area contributed by atoms with Gasteiger partial charge < -0.3 is 15.0 Å². The molecule has 0 spiro atoms. The van der Waals surface area contributed by atoms with Gasteiger partial charge in [-0.2, -0.15) is 0 Å². The van der Waals surface area contributed by atoms with Crippen molar-refractivity contribution in [2.24, 2.45) is 5.92 Å². The summed E-state index contributed by atoms with van der Waals surface area (Å²) in [5.74, 6) is 0.0746. The van der Waals surface area contributed by atoms with Gasteiger partial charge >= 0.3 is 0 Å². The van der Waals surface area contributed by atoms with Gasteiger partial charge in [0.05, 0.1) is 17.7 Å². The van der Waals surface area contributed by atoms with E-state index in [-0.39, 0.29) is 30.3 Å². The molecule has 1 aliphatic rings. The second-order valence-corrected chi connectivity index (χ2v) is 6.84. The van der Waals surface area contributed by atoms with Crippen LogP contribution in [0.3, 0.4) is 0 Å². The first-order valence-electron chi connectivity index (χ1n) is 8.88. The first-order chi connectivity index (χ1) is 12.5. The smallest absolute Gasteiger partial charge is 0.229 e. The Morgan fingerprint density at radius 2 is 1.85 bits per heavy atom. The Hall–Kier alpha value is -2.82. The largest absolute Gasteiger partial charge is 0.489 e. The summed E-state index contributed by atoms with van der Waals surface area (Å²) in [6.45, 7) is 6.24. The molecule has 2 aromatic rings. The van der Waals surface area contributed by atoms with Crippen molar-refractivity contribution in [1.82, 2.24) is 0 Å². The molecule has 1 atom stereocenters. The van der Waals surface area contributed by atoms with Gasteiger partial charge in [0.2, 0.25) is 11.8 Å². The summed E-state index contributed by atoms with van der Waals surface area (Å²) in [5.41, 5.74) is 2.53. The number of nitrogens with one attached hydrogen (secondary N) is 1. The lowest BCUT2D eigenvalue weighted by Crippen LogP contribution is -2.28. The molecule has 5 nitrogen and oxygen atoms in total. The summed E-state index contributed by atoms with van der Waals surface area (Å²) in [7, 11) is 0. The normalized spacial score (nSPS) is 16.8. The maximum atomic E-state index is 12.7. The summed E-state index contributed by atoms with van der Waals surface area (Å²) in [6.07, 6.45) is 0.227. The lowest BCUT2D eigenvalue weighted by atomic mass is 10.1. The lowest BCUT2D eigenvalue weighted by molar-refractivity contribution is -0.122. The standard InChI is InChI=1S/C21H24N2O3/c1-14(2)26-19-11-7-5-9-17(19)22-21(25)16-12-20(24)23(13-16)18-10-6-4-8-15(18)3/h4-11,14,16H,12-13H2,1-3H3,(H,22,25). The Bertz CT molecular complexity index is 816. The van der Waals surface area contributed by atoms with Crippen molar-refractivity contribution in [3.63, 3.8) is 0 Å². The topological polar surface area (TPSA) is 58.6 Å². The number of carbonyl (C=O) groups is 2. The highest BCUT2D eigenvalue weighted by Gasteiger charge is 2.35. The summed E-state index contributed by atoms with van der Waals surface area (Å²) < 4.78 is 5.74. The van der Waals surface area contributed by atoms with E-state index in [0.29, 0.717) is 18.0 Å². The van der Waals surface area contributed by atoms with E-state index in [1.165, 1.54) is 0 Å². The van der Waals surface area contributed by atoms with Crippen LogP contribution in [-0.2, 0) is 9.59 Å². The lowest BCUT2D eigenvalue weighted by Gasteiger charge is -2.19. The predicted octanol–water partition coefficient (Wildman–Crippen LogP) is 3.77. The number of nitrogens with zero attached hydrogens (tertiary/aromatic N) is 1. The zero-order chi connectivity index (χ0) is 18.7. The van der Waals surface area contributed by atoms with Gasteiger partial charge in [-0.3, -0.25) is 9.59 Å². The third-order valence-electron chi connectivity index (χ3n) is 4.41. The number of amides is 2. The van der Waals surface area contributed by atoms with Crippen molar-refractivity contribution in [3.05, 3.63) is 54.1 Å². The highest BCUT2D eigenvalue weighted by Crippen LogP contribution is 2.30. The first kappa shape index (κ1) is 18.0. The molecule has 2 aromatic carbocycles. The van der Waals surface area contributed by atoms with E-state index < -0.39 is 0 Å². The summed E-state index contributed by atoms with van der Waals surface area (Å²) >= 11 is 0. The molecule has 0 bridgehead atoms. The van der Waals surface area contributed by atoms with Crippen LogP contribution in [0.1, 0.15) is 25.8 Å². The molecule has 136 valence electrons. The average molecular weight is 352 g/mol. The third kappa shape index (κ3) is 3.87. The number of hydrogen-bond acceptors (Lipinski definition) is 3. The van der Waals surface area contributed by atoms with E-state index in [1.807, 2.05) is 69.3 Å². The van der Waals surface area contributed by atoms with Crippen LogP contribution in [0.5, 0.6) is 5.75 Å². The summed E-state index contributed by atoms with van der Waals surface area (Å²) in [4.78, 5) is 26.8. The molecule has 26 heavy (non-hydrogen) atoms. The number of aryl methyl sites for hydroxylation is 1. The third-order valence-corrected chi connectivity index (χ3v) is 4.41. The fraction of sp³-hybridized carbons (Fsp3) is 0.333. The fourth-order valence-electron chi connectivity index (χ4n) is 3.14. The van der Waals surface area contributed by atoms with Crippen LogP contribution in [0, 0.1) is 12.8 Å². The fourth-order valence-corrected chi connectivity index (χ4v) is 3.14. The van der Waals surface area contributed by atoms with Crippen molar-refractivity contribution in [2.45, 2.75) is 33.3 Å². The van der Waals surface area contributed by atoms with Crippen LogP contribution < -0.4 is 15.0 Å². The highest BCUT2D eigenvalue weighted by molar-refractivity contribution is 6.04.